The second kappa shape index (κ2) is 2.77. The SMILES string of the molecule is O=CC1=CN=C2C=CC=C[C@@H]2N1. The molecule has 3 heteroatoms. The van der Waals surface area contributed by atoms with Gasteiger partial charge in [0.05, 0.1) is 23.7 Å². The van der Waals surface area contributed by atoms with Crippen LogP contribution >= 0.6 is 0 Å². The molecule has 2 rings (SSSR count). The molecule has 3 nitrogen and oxygen atoms in total. The molecule has 0 aromatic carbocycles. The lowest BCUT2D eigenvalue weighted by atomic mass is 10.1. The van der Waals surface area contributed by atoms with Gasteiger partial charge in [-0.2, -0.15) is 0 Å². The van der Waals surface area contributed by atoms with Crippen LogP contribution in [0.2, 0.25) is 0 Å². The molecule has 0 aromatic rings. The van der Waals surface area contributed by atoms with E-state index in [2.05, 4.69) is 10.3 Å². The van der Waals surface area contributed by atoms with Gasteiger partial charge in [0.15, 0.2) is 6.29 Å². The maximum Gasteiger partial charge on any atom is 0.167 e. The number of fused-ring (bicyclic) bond motifs is 1. The molecule has 60 valence electrons. The zero-order chi connectivity index (χ0) is 8.39. The van der Waals surface area contributed by atoms with Gasteiger partial charge >= 0.3 is 0 Å². The Morgan fingerprint density at radius 3 is 3.25 bits per heavy atom. The van der Waals surface area contributed by atoms with E-state index in [1.807, 2.05) is 24.3 Å². The molecule has 1 heterocycles. The van der Waals surface area contributed by atoms with Gasteiger partial charge in [-0.1, -0.05) is 18.2 Å². The van der Waals surface area contributed by atoms with E-state index in [1.165, 1.54) is 0 Å². The van der Waals surface area contributed by atoms with Gasteiger partial charge < -0.3 is 5.32 Å². The lowest BCUT2D eigenvalue weighted by Gasteiger charge is -2.20. The second-order valence-corrected chi connectivity index (χ2v) is 2.62. The van der Waals surface area contributed by atoms with Crippen LogP contribution in [0.5, 0.6) is 0 Å². The largest absolute Gasteiger partial charge is 0.369 e. The predicted molar refractivity (Wildman–Crippen MR) is 46.8 cm³/mol. The van der Waals surface area contributed by atoms with Crippen molar-refractivity contribution in [3.05, 3.63) is 36.2 Å². The zero-order valence-corrected chi connectivity index (χ0v) is 6.40. The van der Waals surface area contributed by atoms with Crippen molar-refractivity contribution in [2.75, 3.05) is 0 Å². The molecule has 0 bridgehead atoms. The van der Waals surface area contributed by atoms with Gasteiger partial charge in [-0.3, -0.25) is 9.79 Å². The van der Waals surface area contributed by atoms with Gasteiger partial charge in [0.2, 0.25) is 0 Å². The number of rotatable bonds is 1. The number of hydrogen-bond acceptors (Lipinski definition) is 3. The molecule has 0 radical (unpaired) electrons. The smallest absolute Gasteiger partial charge is 0.167 e. The Bertz CT molecular complexity index is 323. The molecule has 12 heavy (non-hydrogen) atoms. The molecule has 0 amide bonds. The number of hydrogen-bond donors (Lipinski definition) is 1. The minimum absolute atomic E-state index is 0.0696. The minimum atomic E-state index is 0.0696. The zero-order valence-electron chi connectivity index (χ0n) is 6.40. The van der Waals surface area contributed by atoms with Crippen molar-refractivity contribution in [3.8, 4) is 0 Å². The number of aliphatic imine (C=N–C) groups is 1. The van der Waals surface area contributed by atoms with Gasteiger partial charge in [0.25, 0.3) is 0 Å². The topological polar surface area (TPSA) is 41.5 Å². The van der Waals surface area contributed by atoms with Crippen LogP contribution in [-0.2, 0) is 4.79 Å². The van der Waals surface area contributed by atoms with Gasteiger partial charge in [0, 0.05) is 0 Å². The predicted octanol–water partition coefficient (Wildman–Crippen LogP) is 0.565. The van der Waals surface area contributed by atoms with Gasteiger partial charge in [-0.25, -0.2) is 0 Å². The molecule has 1 atom stereocenters. The first kappa shape index (κ1) is 7.03. The van der Waals surface area contributed by atoms with Crippen molar-refractivity contribution in [2.45, 2.75) is 6.04 Å². The Morgan fingerprint density at radius 1 is 1.50 bits per heavy atom. The summed E-state index contributed by atoms with van der Waals surface area (Å²) in [6.07, 6.45) is 10.1. The Morgan fingerprint density at radius 2 is 2.42 bits per heavy atom. The Hall–Kier alpha value is -1.64. The van der Waals surface area contributed by atoms with Crippen LogP contribution in [0.1, 0.15) is 0 Å². The summed E-state index contributed by atoms with van der Waals surface area (Å²) in [4.78, 5) is 14.5. The number of nitrogens with zero attached hydrogens (tertiary/aromatic N) is 1. The van der Waals surface area contributed by atoms with E-state index in [9.17, 15) is 4.79 Å². The molecule has 0 saturated carbocycles. The van der Waals surface area contributed by atoms with Crippen molar-refractivity contribution < 1.29 is 4.79 Å². The number of nitrogens with one attached hydrogen (secondary N) is 1. The van der Waals surface area contributed by atoms with Crippen LogP contribution in [0.3, 0.4) is 0 Å². The first-order chi connectivity index (χ1) is 5.90. The fourth-order valence-corrected chi connectivity index (χ4v) is 1.20. The Labute approximate surface area is 70.2 Å². The lowest BCUT2D eigenvalue weighted by Crippen LogP contribution is -2.37. The van der Waals surface area contributed by atoms with Crippen molar-refractivity contribution >= 4 is 12.0 Å². The maximum absolute atomic E-state index is 10.4. The number of carbonyl (C=O) groups is 1. The summed E-state index contributed by atoms with van der Waals surface area (Å²) in [6.45, 7) is 0. The third-order valence-electron chi connectivity index (χ3n) is 1.80. The van der Waals surface area contributed by atoms with E-state index >= 15 is 0 Å². The van der Waals surface area contributed by atoms with Crippen molar-refractivity contribution in [1.29, 1.82) is 0 Å². The molecule has 0 unspecified atom stereocenters. The fourth-order valence-electron chi connectivity index (χ4n) is 1.20. The van der Waals surface area contributed by atoms with E-state index in [4.69, 9.17) is 0 Å². The van der Waals surface area contributed by atoms with E-state index in [1.54, 1.807) is 6.20 Å². The molecule has 0 fully saturated rings. The van der Waals surface area contributed by atoms with E-state index < -0.39 is 0 Å². The van der Waals surface area contributed by atoms with Crippen LogP contribution in [0.25, 0.3) is 0 Å². The summed E-state index contributed by atoms with van der Waals surface area (Å²) < 4.78 is 0. The van der Waals surface area contributed by atoms with Gasteiger partial charge in [-0.05, 0) is 6.08 Å². The highest BCUT2D eigenvalue weighted by molar-refractivity contribution is 6.03. The minimum Gasteiger partial charge on any atom is -0.369 e. The van der Waals surface area contributed by atoms with Crippen LogP contribution in [0.4, 0.5) is 0 Å². The van der Waals surface area contributed by atoms with E-state index in [0.717, 1.165) is 12.0 Å². The molecule has 0 aromatic heterocycles. The molecule has 2 aliphatic rings. The van der Waals surface area contributed by atoms with Gasteiger partial charge in [0.1, 0.15) is 0 Å². The first-order valence-corrected chi connectivity index (χ1v) is 3.74. The summed E-state index contributed by atoms with van der Waals surface area (Å²) in [6, 6.07) is 0.0696. The molecule has 1 aliphatic carbocycles. The van der Waals surface area contributed by atoms with Crippen molar-refractivity contribution in [3.63, 3.8) is 0 Å². The number of allylic oxidation sites excluding steroid dienone is 3. The second-order valence-electron chi connectivity index (χ2n) is 2.62. The third-order valence-corrected chi connectivity index (χ3v) is 1.80. The fraction of sp³-hybridized carbons (Fsp3) is 0.111. The van der Waals surface area contributed by atoms with Crippen LogP contribution in [-0.4, -0.2) is 18.0 Å². The van der Waals surface area contributed by atoms with Crippen LogP contribution in [0, 0.1) is 0 Å². The Kier molecular flexibility index (Phi) is 1.63. The number of aldehydes is 1. The lowest BCUT2D eigenvalue weighted by molar-refractivity contribution is -0.105. The summed E-state index contributed by atoms with van der Waals surface area (Å²) in [7, 11) is 0. The quantitative estimate of drug-likeness (QED) is 0.569. The average molecular weight is 160 g/mol. The molecule has 1 N–H and O–H groups in total. The molecule has 0 saturated heterocycles. The third kappa shape index (κ3) is 1.09. The van der Waals surface area contributed by atoms with E-state index in [-0.39, 0.29) is 6.04 Å². The summed E-state index contributed by atoms with van der Waals surface area (Å²) >= 11 is 0. The average Bonchev–Trinajstić information content (AvgIpc) is 2.17. The summed E-state index contributed by atoms with van der Waals surface area (Å²) in [5, 5.41) is 3.03. The van der Waals surface area contributed by atoms with Gasteiger partial charge in [-0.15, -0.1) is 0 Å². The van der Waals surface area contributed by atoms with E-state index in [0.29, 0.717) is 5.70 Å². The molecule has 0 spiro atoms. The number of carbonyl (C=O) groups excluding carboxylic acids is 1. The van der Waals surface area contributed by atoms with Crippen LogP contribution < -0.4 is 5.32 Å². The maximum atomic E-state index is 10.4. The highest BCUT2D eigenvalue weighted by atomic mass is 16.1. The normalized spacial score (nSPS) is 25.2. The molecular weight excluding hydrogens is 152 g/mol. The first-order valence-electron chi connectivity index (χ1n) is 3.74. The molecular formula is C9H8N2O. The van der Waals surface area contributed by atoms with Crippen molar-refractivity contribution in [1.82, 2.24) is 5.32 Å². The summed E-state index contributed by atoms with van der Waals surface area (Å²) in [5.41, 5.74) is 1.48. The molecule has 1 aliphatic heterocycles. The highest BCUT2D eigenvalue weighted by Gasteiger charge is 2.16. The highest BCUT2D eigenvalue weighted by Crippen LogP contribution is 2.08. The Balaban J connectivity index is 2.31. The van der Waals surface area contributed by atoms with Crippen LogP contribution in [0.15, 0.2) is 41.2 Å². The monoisotopic (exact) mass is 160 g/mol. The van der Waals surface area contributed by atoms with Crippen molar-refractivity contribution in [2.24, 2.45) is 4.99 Å². The summed E-state index contributed by atoms with van der Waals surface area (Å²) in [5.74, 6) is 0. The standard InChI is InChI=1S/C9H8N2O/c12-6-7-5-10-8-3-1-2-4-9(8)11-7/h1-6,9,11H/t9-/m0/s1.